The average Bonchev–Trinajstić information content (AvgIpc) is 3.86. The van der Waals surface area contributed by atoms with Gasteiger partial charge >= 0.3 is 23.5 Å². The number of rotatable bonds is 33. The summed E-state index contributed by atoms with van der Waals surface area (Å²) in [6, 6.07) is 0. The van der Waals surface area contributed by atoms with Crippen LogP contribution in [0.2, 0.25) is 0 Å². The highest BCUT2D eigenvalue weighted by atomic mass is 32.2. The lowest BCUT2D eigenvalue weighted by Crippen LogP contribution is -2.46. The van der Waals surface area contributed by atoms with Gasteiger partial charge in [-0.3, -0.25) is 32.5 Å². The number of hydrogen-bond acceptors (Lipinski definition) is 18. The maximum atomic E-state index is 12.7. The summed E-state index contributed by atoms with van der Waals surface area (Å²) in [6.07, 6.45) is 25.4. The number of anilines is 1. The number of carbonyl (C=O) groups is 3. The van der Waals surface area contributed by atoms with Gasteiger partial charge in [0.15, 0.2) is 17.7 Å². The van der Waals surface area contributed by atoms with Gasteiger partial charge in [-0.15, -0.1) is 0 Å². The number of nitrogens with one attached hydrogen (secondary N) is 2. The van der Waals surface area contributed by atoms with E-state index in [4.69, 9.17) is 19.5 Å². The molecule has 1 fully saturated rings. The van der Waals surface area contributed by atoms with Crippen molar-refractivity contribution in [3.05, 3.63) is 85.6 Å². The average molecular weight is 1080 g/mol. The number of phosphoric acid groups is 3. The molecule has 3 heterocycles. The minimum atomic E-state index is -5.59. The van der Waals surface area contributed by atoms with Gasteiger partial charge in [-0.2, -0.15) is 4.31 Å². The molecule has 396 valence electrons. The molecule has 0 aromatic carbocycles. The highest BCUT2D eigenvalue weighted by Crippen LogP contribution is 2.61. The Morgan fingerprint density at radius 1 is 0.873 bits per heavy atom. The Bertz CT molecular complexity index is 2360. The number of nitrogens with zero attached hydrogens (tertiary/aromatic N) is 4. The van der Waals surface area contributed by atoms with Gasteiger partial charge in [0.1, 0.15) is 36.3 Å². The molecule has 0 saturated carbocycles. The number of aromatic nitrogens is 4. The minimum absolute atomic E-state index is 0.0277. The molecule has 2 unspecified atom stereocenters. The Morgan fingerprint density at radius 2 is 1.49 bits per heavy atom. The maximum absolute atomic E-state index is 12.7. The van der Waals surface area contributed by atoms with Crippen molar-refractivity contribution in [3.63, 3.8) is 0 Å². The lowest BCUT2D eigenvalue weighted by Gasteiger charge is -2.30. The zero-order chi connectivity index (χ0) is 52.5. The Balaban J connectivity index is 1.32. The predicted molar refractivity (Wildman–Crippen MR) is 265 cm³/mol. The first kappa shape index (κ1) is 61.3. The first-order valence-electron chi connectivity index (χ1n) is 22.6. The van der Waals surface area contributed by atoms with Crippen LogP contribution in [0.3, 0.4) is 0 Å². The fourth-order valence-corrected chi connectivity index (χ4v) is 9.78. The summed E-state index contributed by atoms with van der Waals surface area (Å²) < 4.78 is 62.4. The summed E-state index contributed by atoms with van der Waals surface area (Å²) in [4.78, 5) is 88.2. The van der Waals surface area contributed by atoms with Crippen LogP contribution in [0, 0.1) is 5.41 Å². The summed E-state index contributed by atoms with van der Waals surface area (Å²) in [7, 11) is -16.4. The number of carbonyl (C=O) groups excluding carboxylic acids is 3. The summed E-state index contributed by atoms with van der Waals surface area (Å²) in [5.74, 6) is -1.20. The number of aliphatic hydroxyl groups is 2. The van der Waals surface area contributed by atoms with Gasteiger partial charge in [0.2, 0.25) is 16.9 Å². The third-order valence-corrected chi connectivity index (χ3v) is 14.0. The van der Waals surface area contributed by atoms with Crippen molar-refractivity contribution in [2.24, 2.45) is 5.41 Å². The first-order chi connectivity index (χ1) is 33.6. The summed E-state index contributed by atoms with van der Waals surface area (Å²) in [5.41, 5.74) is 4.26. The fraction of sp³-hybridized carbons (Fsp3) is 0.535. The summed E-state index contributed by atoms with van der Waals surface area (Å²) in [5, 5.41) is 26.3. The Labute approximate surface area is 416 Å². The van der Waals surface area contributed by atoms with Gasteiger partial charge in [0.05, 0.1) is 19.5 Å². The molecule has 10 N–H and O–H groups in total. The van der Waals surface area contributed by atoms with E-state index in [9.17, 15) is 57.9 Å². The number of hydrogen-bond donors (Lipinski definition) is 9. The van der Waals surface area contributed by atoms with E-state index < -0.39 is 84.6 Å². The number of allylic oxidation sites excluding steroid dienone is 11. The summed E-state index contributed by atoms with van der Waals surface area (Å²) >= 11 is 0.997. The molecule has 1 aliphatic heterocycles. The topological polar surface area (TPSA) is 364 Å². The van der Waals surface area contributed by atoms with Crippen molar-refractivity contribution in [2.75, 3.05) is 37.8 Å². The molecule has 1 saturated heterocycles. The molecule has 3 rings (SSSR count). The second-order valence-electron chi connectivity index (χ2n) is 16.5. The van der Waals surface area contributed by atoms with Crippen LogP contribution in [0.4, 0.5) is 5.82 Å². The van der Waals surface area contributed by atoms with Crippen molar-refractivity contribution < 1.29 is 80.5 Å². The quantitative estimate of drug-likeness (QED) is 0.0193. The monoisotopic (exact) mass is 1080 g/mol. The number of phosphoric ester groups is 3. The largest absolute Gasteiger partial charge is 0.481 e. The van der Waals surface area contributed by atoms with E-state index in [1.807, 2.05) is 36.5 Å². The van der Waals surface area contributed by atoms with E-state index in [1.165, 1.54) is 64.9 Å². The molecule has 2 aromatic rings. The highest BCUT2D eigenvalue weighted by Gasteiger charge is 2.50. The van der Waals surface area contributed by atoms with E-state index in [1.54, 1.807) is 18.2 Å². The number of ether oxygens (including phenoxy) is 1. The molecule has 24 nitrogen and oxygen atoms in total. The fourth-order valence-electron chi connectivity index (χ4n) is 6.37. The van der Waals surface area contributed by atoms with Crippen LogP contribution < -0.4 is 16.4 Å². The Kier molecular flexibility index (Phi) is 26.7. The molecule has 0 bridgehead atoms. The second kappa shape index (κ2) is 30.9. The van der Waals surface area contributed by atoms with Gasteiger partial charge in [-0.05, 0) is 18.9 Å². The standard InChI is InChI=1S/C43H66N7O17P3S/c1-4-5-6-7-8-9-10-11-12-13-14-15-16-17-18-19-20-21-22-23-34(52)71-27-26-45-33(51)24-25-46-41(55)38(54)43(2,3)29-64-70(61,62)67-69(59,60)63-28-32-37(66-68(56,57)58)36(53)42(65-32)50-31-49-35-39(44)47-30-48-40(35)50/h12-23,30-32,36-38,42,53-54H,4-11,24-29H2,1-3H3,(H,45,51)(H,46,55)(H,59,60)(H,61,62)(H2,44,47,48)(H2,56,57,58)/t32-,36-,37-,38+,42-/m1/s1. The third-order valence-electron chi connectivity index (χ3n) is 10.1. The molecular formula is C43H66N7O17P3S. The lowest BCUT2D eigenvalue weighted by molar-refractivity contribution is -0.137. The van der Waals surface area contributed by atoms with Crippen molar-refractivity contribution >= 4 is 69.1 Å². The van der Waals surface area contributed by atoms with Crippen LogP contribution in [0.25, 0.3) is 11.2 Å². The number of unbranched alkanes of at least 4 members (excludes halogenated alkanes) is 7. The van der Waals surface area contributed by atoms with Crippen molar-refractivity contribution in [2.45, 2.75) is 109 Å². The molecule has 7 atom stereocenters. The molecule has 71 heavy (non-hydrogen) atoms. The number of amides is 2. The van der Waals surface area contributed by atoms with E-state index in [-0.39, 0.29) is 47.4 Å². The Morgan fingerprint density at radius 3 is 2.15 bits per heavy atom. The van der Waals surface area contributed by atoms with Crippen molar-refractivity contribution in [1.29, 1.82) is 0 Å². The van der Waals surface area contributed by atoms with Crippen LogP contribution in [-0.2, 0) is 50.7 Å². The van der Waals surface area contributed by atoms with E-state index in [0.717, 1.165) is 35.4 Å². The van der Waals surface area contributed by atoms with Crippen LogP contribution in [0.15, 0.2) is 85.6 Å². The molecule has 0 radical (unpaired) electrons. The SMILES string of the molecule is CCCCCCCCCC=CC=CC=CC=CC=CC=CC(=O)SCCNC(=O)CCNC(=O)[C@H](O)C(C)(C)COP(=O)(O)OP(=O)(O)OC[C@H]1O[C@@H](n2cnc3c(N)ncnc32)[C@H](O)[C@@H]1OP(=O)(O)O. The van der Waals surface area contributed by atoms with E-state index in [0.29, 0.717) is 0 Å². The van der Waals surface area contributed by atoms with Crippen LogP contribution >= 0.6 is 35.2 Å². The molecule has 2 aromatic heterocycles. The maximum Gasteiger partial charge on any atom is 0.481 e. The third kappa shape index (κ3) is 23.6. The Hall–Kier alpha value is -4.00. The second-order valence-corrected chi connectivity index (χ2v) is 21.8. The molecule has 0 spiro atoms. The number of aliphatic hydroxyl groups excluding tert-OH is 2. The lowest BCUT2D eigenvalue weighted by atomic mass is 9.87. The number of fused-ring (bicyclic) bond motifs is 1. The first-order valence-corrected chi connectivity index (χ1v) is 28.1. The van der Waals surface area contributed by atoms with Crippen molar-refractivity contribution in [3.8, 4) is 0 Å². The smallest absolute Gasteiger partial charge is 0.386 e. The van der Waals surface area contributed by atoms with Crippen LogP contribution in [0.5, 0.6) is 0 Å². The van der Waals surface area contributed by atoms with Crippen molar-refractivity contribution in [1.82, 2.24) is 30.2 Å². The number of nitrogens with two attached hydrogens (primary N) is 1. The number of thioether (sulfide) groups is 1. The van der Waals surface area contributed by atoms with E-state index in [2.05, 4.69) is 53.5 Å². The van der Waals surface area contributed by atoms with Gasteiger partial charge in [0.25, 0.3) is 0 Å². The van der Waals surface area contributed by atoms with Gasteiger partial charge in [-0.1, -0.05) is 138 Å². The molecule has 1 aliphatic rings. The molecule has 2 amide bonds. The highest BCUT2D eigenvalue weighted by molar-refractivity contribution is 8.14. The number of imidazole rings is 1. The zero-order valence-electron chi connectivity index (χ0n) is 39.7. The molecule has 0 aliphatic carbocycles. The summed E-state index contributed by atoms with van der Waals surface area (Å²) in [6.45, 7) is 2.64. The minimum Gasteiger partial charge on any atom is -0.386 e. The molecular weight excluding hydrogens is 1010 g/mol. The van der Waals surface area contributed by atoms with E-state index >= 15 is 0 Å². The normalized spacial score (nSPS) is 20.3. The van der Waals surface area contributed by atoms with Gasteiger partial charge < -0.3 is 50.9 Å². The van der Waals surface area contributed by atoms with Gasteiger partial charge in [-0.25, -0.2) is 28.6 Å². The predicted octanol–water partition coefficient (Wildman–Crippen LogP) is 5.14. The van der Waals surface area contributed by atoms with Gasteiger partial charge in [0, 0.05) is 30.7 Å². The van der Waals surface area contributed by atoms with Crippen LogP contribution in [0.1, 0.15) is 84.8 Å². The molecule has 28 heteroatoms. The van der Waals surface area contributed by atoms with Crippen LogP contribution in [-0.4, -0.2) is 123 Å². The number of nitrogen functional groups attached to an aromatic ring is 1. The zero-order valence-corrected chi connectivity index (χ0v) is 43.2.